The Bertz CT molecular complexity index is 985. The molecule has 2 fully saturated rings. The minimum Gasteiger partial charge on any atom is -0.383 e. The van der Waals surface area contributed by atoms with Crippen molar-refractivity contribution in [3.63, 3.8) is 0 Å². The SMILES string of the molecule is COCCn1c(C)c(C(=O)N2CCC3(CC2)CC(=O)N(C)C3=O)c2ccccc21. The molecule has 2 aliphatic rings. The van der Waals surface area contributed by atoms with Gasteiger partial charge in [-0.2, -0.15) is 0 Å². The molecule has 0 unspecified atom stereocenters. The third-order valence-electron chi connectivity index (χ3n) is 6.59. The van der Waals surface area contributed by atoms with Crippen LogP contribution in [0.5, 0.6) is 0 Å². The number of methoxy groups -OCH3 is 1. The van der Waals surface area contributed by atoms with E-state index in [-0.39, 0.29) is 24.1 Å². The molecule has 1 aromatic heterocycles. The molecule has 0 atom stereocenters. The summed E-state index contributed by atoms with van der Waals surface area (Å²) in [4.78, 5) is 41.1. The van der Waals surface area contributed by atoms with Crippen LogP contribution >= 0.6 is 0 Å². The molecule has 4 rings (SSSR count). The van der Waals surface area contributed by atoms with Gasteiger partial charge in [0.2, 0.25) is 11.8 Å². The highest BCUT2D eigenvalue weighted by atomic mass is 16.5. The van der Waals surface area contributed by atoms with Gasteiger partial charge < -0.3 is 14.2 Å². The second kappa shape index (κ2) is 7.30. The fraction of sp³-hybridized carbons (Fsp3) is 0.500. The minimum absolute atomic E-state index is 0.00477. The van der Waals surface area contributed by atoms with Gasteiger partial charge in [0.25, 0.3) is 5.91 Å². The van der Waals surface area contributed by atoms with Crippen molar-refractivity contribution in [3.05, 3.63) is 35.5 Å². The Hall–Kier alpha value is -2.67. The Balaban J connectivity index is 1.60. The molecular formula is C22H27N3O4. The van der Waals surface area contributed by atoms with Gasteiger partial charge in [0.15, 0.2) is 0 Å². The van der Waals surface area contributed by atoms with Gasteiger partial charge in [0.1, 0.15) is 0 Å². The monoisotopic (exact) mass is 397 g/mol. The van der Waals surface area contributed by atoms with Gasteiger partial charge in [-0.1, -0.05) is 18.2 Å². The maximum atomic E-state index is 13.5. The lowest BCUT2D eigenvalue weighted by atomic mass is 9.77. The molecule has 29 heavy (non-hydrogen) atoms. The van der Waals surface area contributed by atoms with Gasteiger partial charge in [-0.25, -0.2) is 0 Å². The highest BCUT2D eigenvalue weighted by Crippen LogP contribution is 2.42. The molecule has 0 saturated carbocycles. The smallest absolute Gasteiger partial charge is 0.256 e. The summed E-state index contributed by atoms with van der Waals surface area (Å²) in [5, 5.41) is 0.943. The number of likely N-dealkylation sites (tertiary alicyclic amines) is 2. The number of ether oxygens (including phenoxy) is 1. The maximum absolute atomic E-state index is 13.5. The van der Waals surface area contributed by atoms with Gasteiger partial charge in [-0.05, 0) is 25.8 Å². The third-order valence-corrected chi connectivity index (χ3v) is 6.59. The Morgan fingerprint density at radius 3 is 2.48 bits per heavy atom. The highest BCUT2D eigenvalue weighted by molar-refractivity contribution is 6.09. The van der Waals surface area contributed by atoms with E-state index in [0.29, 0.717) is 39.1 Å². The summed E-state index contributed by atoms with van der Waals surface area (Å²) < 4.78 is 7.37. The quantitative estimate of drug-likeness (QED) is 0.742. The van der Waals surface area contributed by atoms with E-state index < -0.39 is 5.41 Å². The first kappa shape index (κ1) is 19.6. The zero-order chi connectivity index (χ0) is 20.8. The number of hydrogen-bond donors (Lipinski definition) is 0. The Morgan fingerprint density at radius 1 is 1.17 bits per heavy atom. The van der Waals surface area contributed by atoms with Crippen LogP contribution in [0.2, 0.25) is 0 Å². The number of rotatable bonds is 4. The normalized spacial score (nSPS) is 19.0. The van der Waals surface area contributed by atoms with Crippen molar-refractivity contribution in [3.8, 4) is 0 Å². The zero-order valence-corrected chi connectivity index (χ0v) is 17.2. The first-order valence-electron chi connectivity index (χ1n) is 10.1. The van der Waals surface area contributed by atoms with E-state index in [0.717, 1.165) is 22.2 Å². The molecular weight excluding hydrogens is 370 g/mol. The molecule has 2 saturated heterocycles. The van der Waals surface area contributed by atoms with Crippen molar-refractivity contribution in [2.24, 2.45) is 5.41 Å². The standard InChI is InChI=1S/C22H27N3O4/c1-15-19(16-6-4-5-7-17(16)25(15)12-13-29-3)20(27)24-10-8-22(9-11-24)14-18(26)23(2)21(22)28/h4-7H,8-14H2,1-3H3. The van der Waals surface area contributed by atoms with Crippen molar-refractivity contribution in [1.29, 1.82) is 0 Å². The van der Waals surface area contributed by atoms with Crippen molar-refractivity contribution < 1.29 is 19.1 Å². The number of carbonyl (C=O) groups is 3. The van der Waals surface area contributed by atoms with Crippen LogP contribution in [0.4, 0.5) is 0 Å². The summed E-state index contributed by atoms with van der Waals surface area (Å²) in [6.45, 7) is 4.21. The van der Waals surface area contributed by atoms with Crippen LogP contribution in [-0.4, -0.2) is 65.9 Å². The lowest BCUT2D eigenvalue weighted by Gasteiger charge is -2.37. The van der Waals surface area contributed by atoms with E-state index in [1.165, 1.54) is 4.90 Å². The summed E-state index contributed by atoms with van der Waals surface area (Å²) in [5.41, 5.74) is 2.06. The lowest BCUT2D eigenvalue weighted by molar-refractivity contribution is -0.140. The van der Waals surface area contributed by atoms with E-state index >= 15 is 0 Å². The zero-order valence-electron chi connectivity index (χ0n) is 17.2. The number of benzene rings is 1. The maximum Gasteiger partial charge on any atom is 0.256 e. The number of nitrogens with zero attached hydrogens (tertiary/aromatic N) is 3. The van der Waals surface area contributed by atoms with Crippen LogP contribution in [-0.2, 0) is 20.9 Å². The number of hydrogen-bond acceptors (Lipinski definition) is 4. The Kier molecular flexibility index (Phi) is 4.94. The molecule has 7 heteroatoms. The van der Waals surface area contributed by atoms with Gasteiger partial charge in [-0.15, -0.1) is 0 Å². The average molecular weight is 397 g/mol. The van der Waals surface area contributed by atoms with Gasteiger partial charge in [-0.3, -0.25) is 19.3 Å². The second-order valence-corrected chi connectivity index (χ2v) is 8.13. The predicted molar refractivity (Wildman–Crippen MR) is 109 cm³/mol. The van der Waals surface area contributed by atoms with Gasteiger partial charge >= 0.3 is 0 Å². The molecule has 1 aromatic carbocycles. The molecule has 2 aromatic rings. The summed E-state index contributed by atoms with van der Waals surface area (Å²) in [5.74, 6) is -0.219. The fourth-order valence-corrected chi connectivity index (χ4v) is 4.81. The second-order valence-electron chi connectivity index (χ2n) is 8.13. The topological polar surface area (TPSA) is 71.8 Å². The average Bonchev–Trinajstić information content (AvgIpc) is 3.12. The summed E-state index contributed by atoms with van der Waals surface area (Å²) in [6, 6.07) is 7.93. The molecule has 0 radical (unpaired) electrons. The summed E-state index contributed by atoms with van der Waals surface area (Å²) >= 11 is 0. The largest absolute Gasteiger partial charge is 0.383 e. The van der Waals surface area contributed by atoms with Crippen LogP contribution in [0.25, 0.3) is 10.9 Å². The van der Waals surface area contributed by atoms with Gasteiger partial charge in [0, 0.05) is 56.8 Å². The molecule has 154 valence electrons. The van der Waals surface area contributed by atoms with Crippen LogP contribution in [0.1, 0.15) is 35.3 Å². The number of imide groups is 1. The minimum atomic E-state index is -0.621. The van der Waals surface area contributed by atoms with Crippen molar-refractivity contribution in [2.45, 2.75) is 32.7 Å². The third kappa shape index (κ3) is 3.04. The lowest BCUT2D eigenvalue weighted by Crippen LogP contribution is -2.46. The van der Waals surface area contributed by atoms with Gasteiger partial charge in [0.05, 0.1) is 17.6 Å². The van der Waals surface area contributed by atoms with Crippen molar-refractivity contribution in [2.75, 3.05) is 33.9 Å². The first-order valence-corrected chi connectivity index (χ1v) is 10.1. The molecule has 0 bridgehead atoms. The molecule has 0 aliphatic carbocycles. The van der Waals surface area contributed by atoms with Crippen molar-refractivity contribution >= 4 is 28.6 Å². The summed E-state index contributed by atoms with van der Waals surface area (Å²) in [6.07, 6.45) is 1.34. The summed E-state index contributed by atoms with van der Waals surface area (Å²) in [7, 11) is 3.22. The Labute approximate surface area is 170 Å². The molecule has 3 amide bonds. The molecule has 3 heterocycles. The van der Waals surface area contributed by atoms with Crippen LogP contribution in [0.15, 0.2) is 24.3 Å². The van der Waals surface area contributed by atoms with E-state index in [2.05, 4.69) is 4.57 Å². The van der Waals surface area contributed by atoms with E-state index in [4.69, 9.17) is 4.74 Å². The molecule has 0 N–H and O–H groups in total. The predicted octanol–water partition coefficient (Wildman–Crippen LogP) is 2.21. The number of fused-ring (bicyclic) bond motifs is 1. The number of piperidine rings is 1. The molecule has 2 aliphatic heterocycles. The van der Waals surface area contributed by atoms with Crippen LogP contribution in [0.3, 0.4) is 0 Å². The number of carbonyl (C=O) groups excluding carboxylic acids is 3. The van der Waals surface area contributed by atoms with Crippen LogP contribution in [0, 0.1) is 12.3 Å². The van der Waals surface area contributed by atoms with Crippen LogP contribution < -0.4 is 0 Å². The molecule has 7 nitrogen and oxygen atoms in total. The number of amides is 3. The number of para-hydroxylation sites is 1. The first-order chi connectivity index (χ1) is 13.9. The van der Waals surface area contributed by atoms with E-state index in [1.54, 1.807) is 14.2 Å². The van der Waals surface area contributed by atoms with E-state index in [1.807, 2.05) is 36.1 Å². The Morgan fingerprint density at radius 2 is 1.86 bits per heavy atom. The fourth-order valence-electron chi connectivity index (χ4n) is 4.81. The van der Waals surface area contributed by atoms with E-state index in [9.17, 15) is 14.4 Å². The number of aromatic nitrogens is 1. The molecule has 1 spiro atoms. The highest BCUT2D eigenvalue weighted by Gasteiger charge is 2.51. The van der Waals surface area contributed by atoms with Crippen molar-refractivity contribution in [1.82, 2.24) is 14.4 Å².